The molecule has 27 heavy (non-hydrogen) atoms. The van der Waals surface area contributed by atoms with Crippen LogP contribution in [0.4, 0.5) is 4.39 Å². The minimum absolute atomic E-state index is 0.0274. The summed E-state index contributed by atoms with van der Waals surface area (Å²) >= 11 is 1.35. The Hall–Kier alpha value is -2.67. The van der Waals surface area contributed by atoms with Gasteiger partial charge >= 0.3 is 0 Å². The molecule has 0 fully saturated rings. The molecule has 0 radical (unpaired) electrons. The highest BCUT2D eigenvalue weighted by atomic mass is 32.2. The Morgan fingerprint density at radius 3 is 2.41 bits per heavy atom. The first-order valence-electron chi connectivity index (χ1n) is 8.54. The van der Waals surface area contributed by atoms with Gasteiger partial charge in [-0.15, -0.1) is 10.2 Å². The second-order valence-electron chi connectivity index (χ2n) is 6.37. The van der Waals surface area contributed by atoms with Crippen LogP contribution < -0.4 is 0 Å². The Bertz CT molecular complexity index is 922. The SMILES string of the molecule is Cc1ccc(-n2c(C)nnc2SCC(=O)N(C)Cc2ccc(F)cc2)cc1. The molecule has 0 spiro atoms. The molecule has 3 aromatic rings. The van der Waals surface area contributed by atoms with Gasteiger partial charge in [0.15, 0.2) is 5.16 Å². The number of thioether (sulfide) groups is 1. The number of halogens is 1. The van der Waals surface area contributed by atoms with E-state index < -0.39 is 0 Å². The van der Waals surface area contributed by atoms with Gasteiger partial charge in [-0.1, -0.05) is 41.6 Å². The van der Waals surface area contributed by atoms with Crippen LogP contribution in [-0.4, -0.2) is 38.4 Å². The number of carbonyl (C=O) groups excluding carboxylic acids is 1. The number of rotatable bonds is 6. The van der Waals surface area contributed by atoms with Crippen LogP contribution in [-0.2, 0) is 11.3 Å². The maximum atomic E-state index is 13.0. The zero-order valence-corrected chi connectivity index (χ0v) is 16.3. The van der Waals surface area contributed by atoms with Crippen LogP contribution in [0.5, 0.6) is 0 Å². The molecule has 0 aliphatic carbocycles. The summed E-state index contributed by atoms with van der Waals surface area (Å²) in [6.07, 6.45) is 0. The maximum absolute atomic E-state index is 13.0. The molecular weight excluding hydrogens is 363 g/mol. The topological polar surface area (TPSA) is 51.0 Å². The van der Waals surface area contributed by atoms with Gasteiger partial charge in [-0.25, -0.2) is 4.39 Å². The van der Waals surface area contributed by atoms with Crippen LogP contribution in [0, 0.1) is 19.7 Å². The molecule has 0 unspecified atom stereocenters. The third-order valence-electron chi connectivity index (χ3n) is 4.17. The van der Waals surface area contributed by atoms with Gasteiger partial charge in [0.05, 0.1) is 5.75 Å². The molecule has 7 heteroatoms. The van der Waals surface area contributed by atoms with E-state index in [4.69, 9.17) is 0 Å². The van der Waals surface area contributed by atoms with Gasteiger partial charge in [0.25, 0.3) is 0 Å². The highest BCUT2D eigenvalue weighted by molar-refractivity contribution is 7.99. The predicted octanol–water partition coefficient (Wildman–Crippen LogP) is 3.77. The zero-order valence-electron chi connectivity index (χ0n) is 15.5. The molecule has 1 aromatic heterocycles. The van der Waals surface area contributed by atoms with Crippen molar-refractivity contribution < 1.29 is 9.18 Å². The lowest BCUT2D eigenvalue weighted by Crippen LogP contribution is -2.27. The molecular formula is C20H21FN4OS. The first-order chi connectivity index (χ1) is 12.9. The highest BCUT2D eigenvalue weighted by Gasteiger charge is 2.15. The van der Waals surface area contributed by atoms with Crippen molar-refractivity contribution in [2.75, 3.05) is 12.8 Å². The molecule has 1 heterocycles. The van der Waals surface area contributed by atoms with E-state index in [2.05, 4.69) is 10.2 Å². The van der Waals surface area contributed by atoms with E-state index in [0.717, 1.165) is 17.1 Å². The summed E-state index contributed by atoms with van der Waals surface area (Å²) in [4.78, 5) is 14.1. The van der Waals surface area contributed by atoms with E-state index in [-0.39, 0.29) is 17.5 Å². The van der Waals surface area contributed by atoms with Crippen molar-refractivity contribution in [3.8, 4) is 5.69 Å². The first-order valence-corrected chi connectivity index (χ1v) is 9.53. The third kappa shape index (κ3) is 4.74. The minimum atomic E-state index is -0.283. The van der Waals surface area contributed by atoms with Gasteiger partial charge in [-0.3, -0.25) is 9.36 Å². The quantitative estimate of drug-likeness (QED) is 0.607. The van der Waals surface area contributed by atoms with Gasteiger partial charge in [0, 0.05) is 19.3 Å². The molecule has 5 nitrogen and oxygen atoms in total. The number of aromatic nitrogens is 3. The summed E-state index contributed by atoms with van der Waals surface area (Å²) in [6, 6.07) is 14.3. The van der Waals surface area contributed by atoms with Crippen LogP contribution in [0.3, 0.4) is 0 Å². The van der Waals surface area contributed by atoms with Crippen molar-refractivity contribution in [3.63, 3.8) is 0 Å². The van der Waals surface area contributed by atoms with Crippen LogP contribution >= 0.6 is 11.8 Å². The van der Waals surface area contributed by atoms with Crippen molar-refractivity contribution in [1.29, 1.82) is 0 Å². The van der Waals surface area contributed by atoms with Crippen molar-refractivity contribution >= 4 is 17.7 Å². The summed E-state index contributed by atoms with van der Waals surface area (Å²) in [5, 5.41) is 9.03. The Balaban J connectivity index is 1.65. The molecule has 0 bridgehead atoms. The fraction of sp³-hybridized carbons (Fsp3) is 0.250. The minimum Gasteiger partial charge on any atom is -0.341 e. The molecule has 0 atom stereocenters. The summed E-state index contributed by atoms with van der Waals surface area (Å²) in [5.74, 6) is 0.713. The molecule has 1 amide bonds. The monoisotopic (exact) mass is 384 g/mol. The Morgan fingerprint density at radius 2 is 1.74 bits per heavy atom. The summed E-state index contributed by atoms with van der Waals surface area (Å²) in [6.45, 7) is 4.36. The highest BCUT2D eigenvalue weighted by Crippen LogP contribution is 2.22. The first kappa shape index (κ1) is 19.1. The normalized spacial score (nSPS) is 10.8. The van der Waals surface area contributed by atoms with Gasteiger partial charge in [-0.05, 0) is 43.7 Å². The fourth-order valence-corrected chi connectivity index (χ4v) is 3.55. The second-order valence-corrected chi connectivity index (χ2v) is 7.31. The van der Waals surface area contributed by atoms with Crippen LogP contribution in [0.15, 0.2) is 53.7 Å². The summed E-state index contributed by atoms with van der Waals surface area (Å²) in [7, 11) is 1.74. The molecule has 0 saturated heterocycles. The second kappa shape index (κ2) is 8.35. The molecule has 140 valence electrons. The third-order valence-corrected chi connectivity index (χ3v) is 5.08. The van der Waals surface area contributed by atoms with Crippen LogP contribution in [0.1, 0.15) is 17.0 Å². The van der Waals surface area contributed by atoms with E-state index in [1.54, 1.807) is 24.1 Å². The molecule has 2 aromatic carbocycles. The number of carbonyl (C=O) groups is 1. The molecule has 3 rings (SSSR count). The van der Waals surface area contributed by atoms with Gasteiger partial charge in [0.2, 0.25) is 5.91 Å². The van der Waals surface area contributed by atoms with E-state index in [9.17, 15) is 9.18 Å². The number of aryl methyl sites for hydroxylation is 2. The van der Waals surface area contributed by atoms with Gasteiger partial charge in [-0.2, -0.15) is 0 Å². The summed E-state index contributed by atoms with van der Waals surface area (Å²) in [5.41, 5.74) is 3.03. The molecule has 0 N–H and O–H groups in total. The lowest BCUT2D eigenvalue weighted by atomic mass is 10.2. The van der Waals surface area contributed by atoms with E-state index in [1.165, 1.54) is 29.5 Å². The average molecular weight is 384 g/mol. The van der Waals surface area contributed by atoms with E-state index in [0.29, 0.717) is 11.7 Å². The number of nitrogens with zero attached hydrogens (tertiary/aromatic N) is 4. The number of hydrogen-bond donors (Lipinski definition) is 0. The number of amides is 1. The standard InChI is InChI=1S/C20H21FN4OS/c1-14-4-10-18(11-5-14)25-15(2)22-23-20(25)27-13-19(26)24(3)12-16-6-8-17(21)9-7-16/h4-11H,12-13H2,1-3H3. The van der Waals surface area contributed by atoms with Crippen molar-refractivity contribution in [2.45, 2.75) is 25.5 Å². The van der Waals surface area contributed by atoms with Crippen molar-refractivity contribution in [3.05, 3.63) is 71.3 Å². The van der Waals surface area contributed by atoms with E-state index in [1.807, 2.05) is 42.7 Å². The molecule has 0 aliphatic rings. The van der Waals surface area contributed by atoms with Crippen molar-refractivity contribution in [2.24, 2.45) is 0 Å². The van der Waals surface area contributed by atoms with E-state index >= 15 is 0 Å². The fourth-order valence-electron chi connectivity index (χ4n) is 2.62. The lowest BCUT2D eigenvalue weighted by Gasteiger charge is -2.17. The van der Waals surface area contributed by atoms with Gasteiger partial charge in [0.1, 0.15) is 11.6 Å². The molecule has 0 aliphatic heterocycles. The zero-order chi connectivity index (χ0) is 19.4. The number of hydrogen-bond acceptors (Lipinski definition) is 4. The van der Waals surface area contributed by atoms with Crippen LogP contribution in [0.25, 0.3) is 5.69 Å². The number of benzene rings is 2. The largest absolute Gasteiger partial charge is 0.341 e. The van der Waals surface area contributed by atoms with Crippen molar-refractivity contribution in [1.82, 2.24) is 19.7 Å². The average Bonchev–Trinajstić information content (AvgIpc) is 3.03. The predicted molar refractivity (Wildman–Crippen MR) is 104 cm³/mol. The smallest absolute Gasteiger partial charge is 0.233 e. The Kier molecular flexibility index (Phi) is 5.91. The van der Waals surface area contributed by atoms with Crippen LogP contribution in [0.2, 0.25) is 0 Å². The van der Waals surface area contributed by atoms with Gasteiger partial charge < -0.3 is 4.90 Å². The molecule has 0 saturated carbocycles. The Labute approximate surface area is 162 Å². The maximum Gasteiger partial charge on any atom is 0.233 e. The lowest BCUT2D eigenvalue weighted by molar-refractivity contribution is -0.127. The Morgan fingerprint density at radius 1 is 1.07 bits per heavy atom. The summed E-state index contributed by atoms with van der Waals surface area (Å²) < 4.78 is 14.9.